The fourth-order valence-corrected chi connectivity index (χ4v) is 5.31. The van der Waals surface area contributed by atoms with E-state index in [9.17, 15) is 27.2 Å². The molecule has 1 saturated heterocycles. The predicted molar refractivity (Wildman–Crippen MR) is 169 cm³/mol. The van der Waals surface area contributed by atoms with Gasteiger partial charge in [0.15, 0.2) is 0 Å². The van der Waals surface area contributed by atoms with Crippen LogP contribution in [0, 0.1) is 5.82 Å². The number of ether oxygens (including phenoxy) is 2. The van der Waals surface area contributed by atoms with Gasteiger partial charge in [0.25, 0.3) is 11.8 Å². The van der Waals surface area contributed by atoms with E-state index in [1.165, 1.54) is 30.5 Å². The molecule has 0 spiro atoms. The molecule has 0 saturated carbocycles. The molecule has 0 atom stereocenters. The highest BCUT2D eigenvalue weighted by Gasteiger charge is 2.32. The van der Waals surface area contributed by atoms with Gasteiger partial charge >= 0.3 is 6.36 Å². The van der Waals surface area contributed by atoms with Gasteiger partial charge < -0.3 is 24.6 Å². The Morgan fingerprint density at radius 3 is 2.34 bits per heavy atom. The van der Waals surface area contributed by atoms with Crippen LogP contribution >= 0.6 is 0 Å². The van der Waals surface area contributed by atoms with Crippen LogP contribution in [0.25, 0.3) is 11.1 Å². The van der Waals surface area contributed by atoms with Crippen LogP contribution < -0.4 is 19.7 Å². The lowest BCUT2D eigenvalue weighted by Gasteiger charge is -2.32. The third kappa shape index (κ3) is 8.78. The molecule has 8 nitrogen and oxygen atoms in total. The molecule has 47 heavy (non-hydrogen) atoms. The first-order chi connectivity index (χ1) is 22.5. The number of rotatable bonds is 10. The number of hydrogen-bond donors (Lipinski definition) is 1. The number of carbonyl (C=O) groups is 2. The van der Waals surface area contributed by atoms with E-state index < -0.39 is 18.1 Å². The first-order valence-electron chi connectivity index (χ1n) is 15.1. The molecule has 4 aromatic rings. The number of hydrogen-bond acceptors (Lipinski definition) is 6. The topological polar surface area (TPSA) is 84.0 Å². The number of halogens is 4. The van der Waals surface area contributed by atoms with E-state index in [2.05, 4.69) is 15.0 Å². The highest BCUT2D eigenvalue weighted by Crippen LogP contribution is 2.34. The summed E-state index contributed by atoms with van der Waals surface area (Å²) in [5.41, 5.74) is 2.84. The van der Waals surface area contributed by atoms with Gasteiger partial charge in [0.2, 0.25) is 5.88 Å². The number of amides is 2. The number of piperidine rings is 1. The Kier molecular flexibility index (Phi) is 10.3. The van der Waals surface area contributed by atoms with Crippen molar-refractivity contribution in [1.29, 1.82) is 0 Å². The zero-order valence-corrected chi connectivity index (χ0v) is 25.9. The molecule has 0 radical (unpaired) electrons. The van der Waals surface area contributed by atoms with Crippen molar-refractivity contribution < 1.29 is 36.6 Å². The maximum absolute atomic E-state index is 14.2. The molecule has 1 N–H and O–H groups in total. The summed E-state index contributed by atoms with van der Waals surface area (Å²) >= 11 is 0. The van der Waals surface area contributed by atoms with Crippen LogP contribution in [0.15, 0.2) is 85.1 Å². The lowest BCUT2D eigenvalue weighted by Crippen LogP contribution is -2.42. The molecular formula is C35H34F4N4O4. The molecule has 0 bridgehead atoms. The molecule has 5 rings (SSSR count). The largest absolute Gasteiger partial charge is 0.573 e. The molecule has 2 amide bonds. The SMILES string of the molecule is CN(C)c1ccc(CCNC(=O)c2cc(F)ccc2C(=O)N2CCC(Oc3ccc(-c4ccccc4OC(F)(F)F)cn3)CC2)cc1. The third-order valence-electron chi connectivity index (χ3n) is 7.79. The van der Waals surface area contributed by atoms with Crippen molar-refractivity contribution in [2.24, 2.45) is 0 Å². The monoisotopic (exact) mass is 650 g/mol. The van der Waals surface area contributed by atoms with Crippen molar-refractivity contribution >= 4 is 17.5 Å². The normalized spacial score (nSPS) is 13.6. The molecule has 246 valence electrons. The Morgan fingerprint density at radius 2 is 1.68 bits per heavy atom. The molecule has 3 aromatic carbocycles. The number of nitrogens with zero attached hydrogens (tertiary/aromatic N) is 3. The Bertz CT molecular complexity index is 1690. The van der Waals surface area contributed by atoms with Crippen LogP contribution in [0.4, 0.5) is 23.2 Å². The number of aromatic nitrogens is 1. The fraction of sp³-hybridized carbons (Fsp3) is 0.286. The second-order valence-electron chi connectivity index (χ2n) is 11.3. The van der Waals surface area contributed by atoms with Crippen LogP contribution in [0.5, 0.6) is 11.6 Å². The molecule has 0 unspecified atom stereocenters. The van der Waals surface area contributed by atoms with Gasteiger partial charge in [-0.15, -0.1) is 13.2 Å². The molecule has 1 fully saturated rings. The van der Waals surface area contributed by atoms with Crippen molar-refractivity contribution in [3.8, 4) is 22.8 Å². The minimum atomic E-state index is -4.83. The Hall–Kier alpha value is -5.13. The highest BCUT2D eigenvalue weighted by atomic mass is 19.4. The van der Waals surface area contributed by atoms with Crippen molar-refractivity contribution in [3.05, 3.63) is 108 Å². The van der Waals surface area contributed by atoms with Gasteiger partial charge in [-0.1, -0.05) is 30.3 Å². The summed E-state index contributed by atoms with van der Waals surface area (Å²) in [5, 5.41) is 2.80. The maximum atomic E-state index is 14.2. The van der Waals surface area contributed by atoms with E-state index in [0.717, 1.165) is 23.4 Å². The Labute approximate surface area is 269 Å². The lowest BCUT2D eigenvalue weighted by atomic mass is 10.0. The van der Waals surface area contributed by atoms with E-state index in [1.807, 2.05) is 43.3 Å². The number of likely N-dealkylation sites (tertiary alicyclic amines) is 1. The molecule has 12 heteroatoms. The zero-order chi connectivity index (χ0) is 33.6. The number of anilines is 1. The van der Waals surface area contributed by atoms with Crippen LogP contribution in [0.2, 0.25) is 0 Å². The molecule has 1 aromatic heterocycles. The van der Waals surface area contributed by atoms with E-state index in [1.54, 1.807) is 23.1 Å². The van der Waals surface area contributed by atoms with E-state index in [-0.39, 0.29) is 34.5 Å². The van der Waals surface area contributed by atoms with Crippen molar-refractivity contribution in [2.45, 2.75) is 31.7 Å². The van der Waals surface area contributed by atoms with Crippen LogP contribution in [-0.2, 0) is 6.42 Å². The summed E-state index contributed by atoms with van der Waals surface area (Å²) < 4.78 is 62.8. The van der Waals surface area contributed by atoms with Crippen LogP contribution in [0.3, 0.4) is 0 Å². The summed E-state index contributed by atoms with van der Waals surface area (Å²) in [6.07, 6.45) is -2.15. The quantitative estimate of drug-likeness (QED) is 0.197. The summed E-state index contributed by atoms with van der Waals surface area (Å²) in [6, 6.07) is 20.5. The van der Waals surface area contributed by atoms with Crippen LogP contribution in [-0.4, -0.2) is 67.9 Å². The number of carbonyl (C=O) groups excluding carboxylic acids is 2. The number of benzene rings is 3. The van der Waals surface area contributed by atoms with Gasteiger partial charge in [-0.2, -0.15) is 0 Å². The maximum Gasteiger partial charge on any atom is 0.573 e. The fourth-order valence-electron chi connectivity index (χ4n) is 5.31. The smallest absolute Gasteiger partial charge is 0.474 e. The minimum absolute atomic E-state index is 0.0252. The van der Waals surface area contributed by atoms with Crippen molar-refractivity contribution in [2.75, 3.05) is 38.6 Å². The number of para-hydroxylation sites is 1. The van der Waals surface area contributed by atoms with Gasteiger partial charge in [0.1, 0.15) is 17.7 Å². The second-order valence-corrected chi connectivity index (χ2v) is 11.3. The average Bonchev–Trinajstić information content (AvgIpc) is 3.05. The molecule has 1 aliphatic rings. The standard InChI is InChI=1S/C35H34F4N4O4/c1-42(2)26-11-7-23(8-12-26)15-18-40-33(44)30-21-25(36)10-13-29(30)34(45)43-19-16-27(17-20-43)46-32-14-9-24(22-41-32)28-5-3-4-6-31(28)47-35(37,38)39/h3-14,21-22,27H,15-20H2,1-2H3,(H,40,44). The Morgan fingerprint density at radius 1 is 0.957 bits per heavy atom. The van der Waals surface area contributed by atoms with Gasteiger partial charge in [0.05, 0.1) is 11.1 Å². The van der Waals surface area contributed by atoms with Gasteiger partial charge in [-0.25, -0.2) is 9.37 Å². The van der Waals surface area contributed by atoms with E-state index in [0.29, 0.717) is 50.3 Å². The summed E-state index contributed by atoms with van der Waals surface area (Å²) in [4.78, 5) is 34.4. The van der Waals surface area contributed by atoms with Crippen LogP contribution in [0.1, 0.15) is 39.1 Å². The average molecular weight is 651 g/mol. The van der Waals surface area contributed by atoms with Crippen molar-refractivity contribution in [1.82, 2.24) is 15.2 Å². The van der Waals surface area contributed by atoms with Gasteiger partial charge in [0, 0.05) is 75.6 Å². The second kappa shape index (κ2) is 14.5. The highest BCUT2D eigenvalue weighted by molar-refractivity contribution is 6.07. The zero-order valence-electron chi connectivity index (χ0n) is 25.9. The van der Waals surface area contributed by atoms with E-state index >= 15 is 0 Å². The number of alkyl halides is 3. The number of pyridine rings is 1. The first kappa shape index (κ1) is 33.2. The van der Waals surface area contributed by atoms with Crippen molar-refractivity contribution in [3.63, 3.8) is 0 Å². The molecule has 2 heterocycles. The Balaban J connectivity index is 1.15. The summed E-state index contributed by atoms with van der Waals surface area (Å²) in [7, 11) is 3.91. The molecule has 0 aliphatic carbocycles. The third-order valence-corrected chi connectivity index (χ3v) is 7.79. The lowest BCUT2D eigenvalue weighted by molar-refractivity contribution is -0.274. The first-order valence-corrected chi connectivity index (χ1v) is 15.1. The predicted octanol–water partition coefficient (Wildman–Crippen LogP) is 6.51. The summed E-state index contributed by atoms with van der Waals surface area (Å²) in [6.45, 7) is 0.992. The van der Waals surface area contributed by atoms with E-state index in [4.69, 9.17) is 4.74 Å². The molecular weight excluding hydrogens is 616 g/mol. The number of nitrogens with one attached hydrogen (secondary N) is 1. The van der Waals surface area contributed by atoms with Gasteiger partial charge in [-0.3, -0.25) is 9.59 Å². The minimum Gasteiger partial charge on any atom is -0.474 e. The molecule has 1 aliphatic heterocycles. The summed E-state index contributed by atoms with van der Waals surface area (Å²) in [5.74, 6) is -1.57. The van der Waals surface area contributed by atoms with Gasteiger partial charge in [-0.05, 0) is 54.4 Å².